The van der Waals surface area contributed by atoms with Crippen molar-refractivity contribution in [1.82, 2.24) is 15.2 Å². The Balaban J connectivity index is 0.000000501. The number of hydrogen-bond donors (Lipinski definition) is 5. The summed E-state index contributed by atoms with van der Waals surface area (Å²) in [7, 11) is 0. The summed E-state index contributed by atoms with van der Waals surface area (Å²) in [5.74, 6) is -1.93. The molecule has 1 atom stereocenters. The third kappa shape index (κ3) is 9.12. The molecule has 2 aromatic heterocycles. The molecule has 0 fully saturated rings. The fourth-order valence-corrected chi connectivity index (χ4v) is 3.64. The van der Waals surface area contributed by atoms with E-state index in [9.17, 15) is 4.79 Å². The van der Waals surface area contributed by atoms with E-state index in [1.165, 1.54) is 0 Å². The number of carbonyl (C=O) groups is 3. The van der Waals surface area contributed by atoms with Crippen molar-refractivity contribution in [2.24, 2.45) is 5.73 Å². The molecule has 2 heterocycles. The number of carbonyl (C=O) groups excluding carboxylic acids is 1. The number of benzene rings is 2. The zero-order valence-corrected chi connectivity index (χ0v) is 20.7. The summed E-state index contributed by atoms with van der Waals surface area (Å²) in [6.45, 7) is 4.18. The summed E-state index contributed by atoms with van der Waals surface area (Å²) in [5, 5.41) is 25.4. The van der Waals surface area contributed by atoms with Crippen LogP contribution in [-0.2, 0) is 14.4 Å². The Morgan fingerprint density at radius 3 is 2.14 bits per heavy atom. The second kappa shape index (κ2) is 13.5. The molecule has 4 aromatic rings. The molecular formula is C25H27N5O5S. The summed E-state index contributed by atoms with van der Waals surface area (Å²) >= 11 is 1.62. The zero-order valence-electron chi connectivity index (χ0n) is 19.9. The number of anilines is 1. The van der Waals surface area contributed by atoms with Gasteiger partial charge in [-0.1, -0.05) is 36.4 Å². The lowest BCUT2D eigenvalue weighted by Gasteiger charge is -2.13. The molecule has 1 amide bonds. The lowest BCUT2D eigenvalue weighted by Crippen LogP contribution is -2.27. The highest BCUT2D eigenvalue weighted by Gasteiger charge is 2.16. The van der Waals surface area contributed by atoms with E-state index in [0.717, 1.165) is 46.0 Å². The van der Waals surface area contributed by atoms with Crippen molar-refractivity contribution in [3.05, 3.63) is 77.6 Å². The lowest BCUT2D eigenvalue weighted by molar-refractivity contribution is -0.135. The number of aromatic amines is 1. The minimum absolute atomic E-state index is 0.261. The molecule has 0 aliphatic heterocycles. The molecule has 6 N–H and O–H groups in total. The first-order valence-corrected chi connectivity index (χ1v) is 11.5. The minimum Gasteiger partial charge on any atom is -0.481 e. The van der Waals surface area contributed by atoms with Gasteiger partial charge >= 0.3 is 0 Å². The third-order valence-corrected chi connectivity index (χ3v) is 5.34. The van der Waals surface area contributed by atoms with Gasteiger partial charge in [0.05, 0.1) is 6.20 Å². The topological polar surface area (TPSA) is 171 Å². The quantitative estimate of drug-likeness (QED) is 0.264. The number of aliphatic carboxylic acids is 2. The van der Waals surface area contributed by atoms with E-state index in [-0.39, 0.29) is 5.91 Å². The molecule has 0 aliphatic rings. The summed E-state index contributed by atoms with van der Waals surface area (Å²) in [6.07, 6.45) is 5.41. The van der Waals surface area contributed by atoms with Crippen LogP contribution >= 0.6 is 11.3 Å². The minimum atomic E-state index is -0.833. The van der Waals surface area contributed by atoms with Crippen LogP contribution < -0.4 is 11.1 Å². The van der Waals surface area contributed by atoms with E-state index in [1.54, 1.807) is 17.5 Å². The van der Waals surface area contributed by atoms with E-state index in [4.69, 9.17) is 25.5 Å². The standard InChI is InChI=1S/C21H19N5OS.2C2H4O2/c1-13-10-23-21(28-13)16-3-2-4-18(9-16)26-20(27)19(22)15-7-5-14(6-8-15)17-11-24-25-12-17;2*1-2(3)4/h2-12,19H,22H2,1H3,(H,24,25)(H,26,27);2*1H3,(H,3,4). The number of thiazole rings is 1. The molecule has 0 saturated heterocycles. The van der Waals surface area contributed by atoms with Crippen molar-refractivity contribution in [3.63, 3.8) is 0 Å². The van der Waals surface area contributed by atoms with Gasteiger partial charge in [-0.3, -0.25) is 19.5 Å². The van der Waals surface area contributed by atoms with E-state index >= 15 is 0 Å². The Labute approximate surface area is 211 Å². The monoisotopic (exact) mass is 509 g/mol. The van der Waals surface area contributed by atoms with Gasteiger partial charge in [-0.05, 0) is 30.2 Å². The molecule has 0 spiro atoms. The predicted molar refractivity (Wildman–Crippen MR) is 138 cm³/mol. The van der Waals surface area contributed by atoms with Crippen molar-refractivity contribution >= 4 is 34.9 Å². The first-order chi connectivity index (χ1) is 17.1. The van der Waals surface area contributed by atoms with E-state index < -0.39 is 18.0 Å². The molecular weight excluding hydrogens is 482 g/mol. The van der Waals surface area contributed by atoms with E-state index in [0.29, 0.717) is 5.69 Å². The van der Waals surface area contributed by atoms with E-state index in [2.05, 4.69) is 20.5 Å². The SMILES string of the molecule is CC(=O)O.CC(=O)O.Cc1cnc(-c2cccc(NC(=O)C(N)c3ccc(-c4cn[nH]c4)cc3)c2)s1. The third-order valence-electron chi connectivity index (χ3n) is 4.38. The molecule has 10 nitrogen and oxygen atoms in total. The van der Waals surface area contributed by atoms with Crippen LogP contribution in [-0.4, -0.2) is 43.2 Å². The van der Waals surface area contributed by atoms with Crippen molar-refractivity contribution in [2.75, 3.05) is 5.32 Å². The smallest absolute Gasteiger partial charge is 0.300 e. The van der Waals surface area contributed by atoms with Crippen LogP contribution in [0.3, 0.4) is 0 Å². The van der Waals surface area contributed by atoms with Crippen molar-refractivity contribution < 1.29 is 24.6 Å². The first kappa shape index (κ1) is 27.9. The van der Waals surface area contributed by atoms with Crippen LogP contribution in [0.4, 0.5) is 5.69 Å². The zero-order chi connectivity index (χ0) is 26.7. The van der Waals surface area contributed by atoms with Crippen LogP contribution in [0.2, 0.25) is 0 Å². The Hall–Kier alpha value is -4.35. The molecule has 1 unspecified atom stereocenters. The van der Waals surface area contributed by atoms with Crippen LogP contribution in [0.15, 0.2) is 67.1 Å². The molecule has 188 valence electrons. The maximum Gasteiger partial charge on any atom is 0.300 e. The number of H-pyrrole nitrogens is 1. The van der Waals surface area contributed by atoms with Crippen molar-refractivity contribution in [1.29, 1.82) is 0 Å². The summed E-state index contributed by atoms with van der Waals surface area (Å²) in [6, 6.07) is 14.4. The number of amides is 1. The average Bonchev–Trinajstić information content (AvgIpc) is 3.50. The average molecular weight is 510 g/mol. The molecule has 36 heavy (non-hydrogen) atoms. The second-order valence-corrected chi connectivity index (χ2v) is 8.71. The summed E-state index contributed by atoms with van der Waals surface area (Å²) in [4.78, 5) is 36.2. The first-order valence-electron chi connectivity index (χ1n) is 10.6. The van der Waals surface area contributed by atoms with Crippen molar-refractivity contribution in [3.8, 4) is 21.7 Å². The van der Waals surface area contributed by atoms with Gasteiger partial charge in [-0.15, -0.1) is 11.3 Å². The van der Waals surface area contributed by atoms with Crippen LogP contribution in [0.25, 0.3) is 21.7 Å². The van der Waals surface area contributed by atoms with Crippen LogP contribution in [0.5, 0.6) is 0 Å². The van der Waals surface area contributed by atoms with Gasteiger partial charge in [0, 0.05) is 47.9 Å². The van der Waals surface area contributed by atoms with Crippen molar-refractivity contribution in [2.45, 2.75) is 26.8 Å². The molecule has 11 heteroatoms. The molecule has 2 aromatic carbocycles. The molecule has 0 saturated carbocycles. The molecule has 0 aliphatic carbocycles. The largest absolute Gasteiger partial charge is 0.481 e. The number of carboxylic acid groups (broad SMARTS) is 2. The number of nitrogens with one attached hydrogen (secondary N) is 2. The maximum atomic E-state index is 12.6. The van der Waals surface area contributed by atoms with Gasteiger partial charge in [0.1, 0.15) is 11.0 Å². The Bertz CT molecular complexity index is 1270. The van der Waals surface area contributed by atoms with Gasteiger partial charge in [0.25, 0.3) is 11.9 Å². The summed E-state index contributed by atoms with van der Waals surface area (Å²) in [5.41, 5.74) is 10.6. The van der Waals surface area contributed by atoms with Crippen LogP contribution in [0.1, 0.15) is 30.3 Å². The molecule has 0 radical (unpaired) electrons. The number of nitrogens with zero attached hydrogens (tertiary/aromatic N) is 2. The van der Waals surface area contributed by atoms with Gasteiger partial charge in [-0.25, -0.2) is 4.98 Å². The van der Waals surface area contributed by atoms with Gasteiger partial charge < -0.3 is 21.3 Å². The predicted octanol–water partition coefficient (Wildman–Crippen LogP) is 4.33. The Morgan fingerprint density at radius 2 is 1.61 bits per heavy atom. The van der Waals surface area contributed by atoms with Gasteiger partial charge in [0.2, 0.25) is 5.91 Å². The van der Waals surface area contributed by atoms with Gasteiger partial charge in [0.15, 0.2) is 0 Å². The number of carboxylic acids is 2. The molecule has 4 rings (SSSR count). The lowest BCUT2D eigenvalue weighted by atomic mass is 10.0. The Kier molecular flexibility index (Phi) is 10.5. The fourth-order valence-electron chi connectivity index (χ4n) is 2.88. The second-order valence-electron chi connectivity index (χ2n) is 7.47. The van der Waals surface area contributed by atoms with E-state index in [1.807, 2.05) is 67.8 Å². The normalized spacial score (nSPS) is 10.7. The fraction of sp³-hybridized carbons (Fsp3) is 0.160. The highest BCUT2D eigenvalue weighted by Crippen LogP contribution is 2.27. The van der Waals surface area contributed by atoms with Crippen LogP contribution in [0, 0.1) is 6.92 Å². The Morgan fingerprint density at radius 1 is 0.972 bits per heavy atom. The number of aromatic nitrogens is 3. The molecule has 0 bridgehead atoms. The number of nitrogens with two attached hydrogens (primary N) is 1. The van der Waals surface area contributed by atoms with Gasteiger partial charge in [-0.2, -0.15) is 5.10 Å². The summed E-state index contributed by atoms with van der Waals surface area (Å²) < 4.78 is 0. The maximum absolute atomic E-state index is 12.6. The highest BCUT2D eigenvalue weighted by molar-refractivity contribution is 7.14. The number of aryl methyl sites for hydroxylation is 1. The highest BCUT2D eigenvalue weighted by atomic mass is 32.1. The number of rotatable bonds is 5. The number of hydrogen-bond acceptors (Lipinski definition) is 7.